The fraction of sp³-hybridized carbons (Fsp3) is 0.400. The summed E-state index contributed by atoms with van der Waals surface area (Å²) in [7, 11) is 0. The Morgan fingerprint density at radius 2 is 2.13 bits per heavy atom. The predicted octanol–water partition coefficient (Wildman–Crippen LogP) is 3.43. The van der Waals surface area contributed by atoms with Gasteiger partial charge < -0.3 is 5.32 Å². The second-order valence-electron chi connectivity index (χ2n) is 4.20. The summed E-state index contributed by atoms with van der Waals surface area (Å²) in [5.74, 6) is -0.0213. The van der Waals surface area contributed by atoms with E-state index >= 15 is 0 Å². The number of aromatic nitrogens is 1. The van der Waals surface area contributed by atoms with Gasteiger partial charge >= 0.3 is 0 Å². The zero-order chi connectivity index (χ0) is 11.6. The lowest BCUT2D eigenvalue weighted by molar-refractivity contribution is -0.123. The van der Waals surface area contributed by atoms with Crippen molar-refractivity contribution in [1.29, 1.82) is 0 Å². The van der Waals surface area contributed by atoms with Crippen molar-refractivity contribution in [2.75, 3.05) is 5.32 Å². The summed E-state index contributed by atoms with van der Waals surface area (Å²) < 4.78 is 1.64. The van der Waals surface area contributed by atoms with Crippen LogP contribution in [0.3, 0.4) is 0 Å². The first kappa shape index (κ1) is 12.9. The van der Waals surface area contributed by atoms with E-state index in [1.54, 1.807) is 6.20 Å². The van der Waals surface area contributed by atoms with Crippen LogP contribution in [0.4, 0.5) is 5.69 Å². The van der Waals surface area contributed by atoms with E-state index in [-0.39, 0.29) is 5.91 Å². The Balaban J connectivity index is 2.90. The minimum atomic E-state index is -0.402. The number of carbonyl (C=O) groups excluding carboxylic acids is 1. The number of anilines is 1. The molecule has 15 heavy (non-hydrogen) atoms. The summed E-state index contributed by atoms with van der Waals surface area (Å²) in [6, 6.07) is 1.88. The van der Waals surface area contributed by atoms with E-state index in [0.29, 0.717) is 10.3 Å². The van der Waals surface area contributed by atoms with E-state index in [0.717, 1.165) is 3.57 Å². The third-order valence-electron chi connectivity index (χ3n) is 1.74. The molecule has 1 amide bonds. The first-order valence-corrected chi connectivity index (χ1v) is 6.30. The van der Waals surface area contributed by atoms with E-state index in [1.165, 1.54) is 0 Å². The molecule has 0 unspecified atom stereocenters. The van der Waals surface area contributed by atoms with Crippen LogP contribution in [0, 0.1) is 8.99 Å². The number of hydrogen-bond acceptors (Lipinski definition) is 2. The number of carbonyl (C=O) groups is 1. The Bertz CT molecular complexity index is 387. The van der Waals surface area contributed by atoms with Gasteiger partial charge in [-0.3, -0.25) is 4.79 Å². The SMILES string of the molecule is CC(C)(C)C(=O)Nc1cc(I)cnc1Br. The molecule has 5 heteroatoms. The third kappa shape index (κ3) is 3.71. The van der Waals surface area contributed by atoms with E-state index in [2.05, 4.69) is 48.8 Å². The van der Waals surface area contributed by atoms with Gasteiger partial charge in [0.15, 0.2) is 0 Å². The van der Waals surface area contributed by atoms with Crippen LogP contribution in [-0.2, 0) is 4.79 Å². The molecule has 0 aliphatic rings. The summed E-state index contributed by atoms with van der Waals surface area (Å²) in [5.41, 5.74) is 0.308. The number of nitrogens with zero attached hydrogens (tertiary/aromatic N) is 1. The average Bonchev–Trinajstić information content (AvgIpc) is 2.09. The molecule has 1 aromatic heterocycles. The summed E-state index contributed by atoms with van der Waals surface area (Å²) in [4.78, 5) is 15.8. The Kier molecular flexibility index (Phi) is 4.11. The van der Waals surface area contributed by atoms with Gasteiger partial charge in [-0.2, -0.15) is 0 Å². The van der Waals surface area contributed by atoms with Crippen molar-refractivity contribution in [1.82, 2.24) is 4.98 Å². The van der Waals surface area contributed by atoms with Crippen LogP contribution in [0.1, 0.15) is 20.8 Å². The Morgan fingerprint density at radius 3 is 2.67 bits per heavy atom. The van der Waals surface area contributed by atoms with E-state index in [4.69, 9.17) is 0 Å². The predicted molar refractivity (Wildman–Crippen MR) is 72.7 cm³/mol. The summed E-state index contributed by atoms with van der Waals surface area (Å²) in [6.45, 7) is 5.62. The zero-order valence-electron chi connectivity index (χ0n) is 8.77. The second-order valence-corrected chi connectivity index (χ2v) is 6.19. The fourth-order valence-electron chi connectivity index (χ4n) is 0.820. The van der Waals surface area contributed by atoms with Crippen LogP contribution >= 0.6 is 38.5 Å². The average molecular weight is 383 g/mol. The van der Waals surface area contributed by atoms with E-state index in [1.807, 2.05) is 26.8 Å². The van der Waals surface area contributed by atoms with Crippen LogP contribution in [0.15, 0.2) is 16.9 Å². The molecule has 1 heterocycles. The van der Waals surface area contributed by atoms with Crippen LogP contribution in [-0.4, -0.2) is 10.9 Å². The third-order valence-corrected chi connectivity index (χ3v) is 2.96. The van der Waals surface area contributed by atoms with Crippen molar-refractivity contribution in [2.24, 2.45) is 5.41 Å². The fourth-order valence-corrected chi connectivity index (χ4v) is 1.59. The van der Waals surface area contributed by atoms with Crippen LogP contribution < -0.4 is 5.32 Å². The topological polar surface area (TPSA) is 42.0 Å². The zero-order valence-corrected chi connectivity index (χ0v) is 12.5. The first-order valence-electron chi connectivity index (χ1n) is 4.43. The summed E-state index contributed by atoms with van der Waals surface area (Å²) >= 11 is 5.45. The lowest BCUT2D eigenvalue weighted by atomic mass is 9.96. The number of amides is 1. The molecule has 0 spiro atoms. The van der Waals surface area contributed by atoms with Crippen molar-refractivity contribution >= 4 is 50.1 Å². The summed E-state index contributed by atoms with van der Waals surface area (Å²) in [5, 5.41) is 2.84. The van der Waals surface area contributed by atoms with Crippen molar-refractivity contribution < 1.29 is 4.79 Å². The van der Waals surface area contributed by atoms with Gasteiger partial charge in [0, 0.05) is 15.2 Å². The number of rotatable bonds is 1. The maximum Gasteiger partial charge on any atom is 0.229 e. The molecule has 3 nitrogen and oxygen atoms in total. The smallest absolute Gasteiger partial charge is 0.229 e. The summed E-state index contributed by atoms with van der Waals surface area (Å²) in [6.07, 6.45) is 1.73. The first-order chi connectivity index (χ1) is 6.80. The molecule has 82 valence electrons. The molecule has 1 rings (SSSR count). The maximum absolute atomic E-state index is 11.7. The number of pyridine rings is 1. The van der Waals surface area contributed by atoms with Crippen molar-refractivity contribution in [3.05, 3.63) is 20.4 Å². The van der Waals surface area contributed by atoms with Crippen molar-refractivity contribution in [3.8, 4) is 0 Å². The highest BCUT2D eigenvalue weighted by Crippen LogP contribution is 2.24. The van der Waals surface area contributed by atoms with Crippen molar-refractivity contribution in [3.63, 3.8) is 0 Å². The normalized spacial score (nSPS) is 11.3. The quantitative estimate of drug-likeness (QED) is 0.597. The van der Waals surface area contributed by atoms with Gasteiger partial charge in [-0.1, -0.05) is 20.8 Å². The minimum absolute atomic E-state index is 0.0213. The Labute approximate surface area is 111 Å². The Hall–Kier alpha value is -0.170. The van der Waals surface area contributed by atoms with Gasteiger partial charge in [0.25, 0.3) is 0 Å². The lowest BCUT2D eigenvalue weighted by Crippen LogP contribution is -2.27. The molecule has 0 saturated carbocycles. The molecule has 0 aliphatic heterocycles. The molecule has 0 saturated heterocycles. The van der Waals surface area contributed by atoms with E-state index < -0.39 is 5.41 Å². The number of hydrogen-bond donors (Lipinski definition) is 1. The maximum atomic E-state index is 11.7. The molecule has 1 aromatic rings. The molecule has 0 radical (unpaired) electrons. The highest BCUT2D eigenvalue weighted by Gasteiger charge is 2.22. The van der Waals surface area contributed by atoms with E-state index in [9.17, 15) is 4.79 Å². The van der Waals surface area contributed by atoms with Gasteiger partial charge in [0.05, 0.1) is 5.69 Å². The second kappa shape index (κ2) is 4.78. The standard InChI is InChI=1S/C10H12BrIN2O/c1-10(2,3)9(15)14-7-4-6(12)5-13-8(7)11/h4-5H,1-3H3,(H,14,15). The monoisotopic (exact) mass is 382 g/mol. The minimum Gasteiger partial charge on any atom is -0.323 e. The molecular weight excluding hydrogens is 371 g/mol. The number of halogens is 2. The van der Waals surface area contributed by atoms with Crippen LogP contribution in [0.2, 0.25) is 0 Å². The van der Waals surface area contributed by atoms with Gasteiger partial charge in [-0.15, -0.1) is 0 Å². The molecular formula is C10H12BrIN2O. The van der Waals surface area contributed by atoms with Crippen LogP contribution in [0.5, 0.6) is 0 Å². The molecule has 0 aromatic carbocycles. The molecule has 0 atom stereocenters. The van der Waals surface area contributed by atoms with Gasteiger partial charge in [-0.05, 0) is 44.6 Å². The highest BCUT2D eigenvalue weighted by atomic mass is 127. The van der Waals surface area contributed by atoms with Gasteiger partial charge in [-0.25, -0.2) is 4.98 Å². The largest absolute Gasteiger partial charge is 0.323 e. The number of nitrogens with one attached hydrogen (secondary N) is 1. The molecule has 0 bridgehead atoms. The Morgan fingerprint density at radius 1 is 1.53 bits per heavy atom. The van der Waals surface area contributed by atoms with Gasteiger partial charge in [0.1, 0.15) is 4.60 Å². The lowest BCUT2D eigenvalue weighted by Gasteiger charge is -2.18. The van der Waals surface area contributed by atoms with Gasteiger partial charge in [0.2, 0.25) is 5.91 Å². The van der Waals surface area contributed by atoms with Crippen molar-refractivity contribution in [2.45, 2.75) is 20.8 Å². The molecule has 0 aliphatic carbocycles. The highest BCUT2D eigenvalue weighted by molar-refractivity contribution is 14.1. The molecule has 0 fully saturated rings. The van der Waals surface area contributed by atoms with Crippen LogP contribution in [0.25, 0.3) is 0 Å². The molecule has 1 N–H and O–H groups in total.